The van der Waals surface area contributed by atoms with Crippen LogP contribution in [0.15, 0.2) is 35.2 Å². The molecular weight excluding hydrogens is 437 g/mol. The van der Waals surface area contributed by atoms with Gasteiger partial charge in [-0.3, -0.25) is 4.79 Å². The van der Waals surface area contributed by atoms with Crippen LogP contribution in [-0.2, 0) is 19.0 Å². The highest BCUT2D eigenvalue weighted by molar-refractivity contribution is 7.99. The Kier molecular flexibility index (Phi) is 6.55. The van der Waals surface area contributed by atoms with Gasteiger partial charge in [-0.2, -0.15) is 0 Å². The number of carbonyl (C=O) groups is 1. The van der Waals surface area contributed by atoms with Crippen LogP contribution in [0.3, 0.4) is 0 Å². The van der Waals surface area contributed by atoms with Gasteiger partial charge in [-0.1, -0.05) is 64.8 Å². The lowest BCUT2D eigenvalue weighted by Gasteiger charge is -2.50. The fourth-order valence-electron chi connectivity index (χ4n) is 2.96. The molecule has 3 rings (SSSR count). The molecule has 0 spiro atoms. The van der Waals surface area contributed by atoms with Gasteiger partial charge in [-0.05, 0) is 26.0 Å². The molecular formula is C17H20Cl3NO5S. The summed E-state index contributed by atoms with van der Waals surface area (Å²) in [4.78, 5) is 13.1. The van der Waals surface area contributed by atoms with Crippen molar-refractivity contribution in [2.75, 3.05) is 6.61 Å². The number of halogens is 3. The Morgan fingerprint density at radius 3 is 2.59 bits per heavy atom. The minimum Gasteiger partial charge on any atom is -0.388 e. The summed E-state index contributed by atoms with van der Waals surface area (Å²) in [5.41, 5.74) is -0.631. The second-order valence-corrected chi connectivity index (χ2v) is 10.2. The predicted molar refractivity (Wildman–Crippen MR) is 104 cm³/mol. The molecule has 2 aliphatic rings. The van der Waals surface area contributed by atoms with Crippen LogP contribution >= 0.6 is 46.6 Å². The van der Waals surface area contributed by atoms with Crippen LogP contribution in [0.2, 0.25) is 0 Å². The Balaban J connectivity index is 1.84. The third-order valence-corrected chi connectivity index (χ3v) is 5.93. The van der Waals surface area contributed by atoms with Crippen molar-refractivity contribution in [2.45, 2.75) is 58.1 Å². The quantitative estimate of drug-likeness (QED) is 0.681. The Hall–Kier alpha value is -0.250. The maximum Gasteiger partial charge on any atom is 0.272 e. The van der Waals surface area contributed by atoms with E-state index in [0.29, 0.717) is 0 Å². The Morgan fingerprint density at radius 2 is 1.96 bits per heavy atom. The monoisotopic (exact) mass is 455 g/mol. The van der Waals surface area contributed by atoms with Gasteiger partial charge in [-0.25, -0.2) is 0 Å². The standard InChI is InChI=1S/C17H20Cl3NO5S/c1-16(2)24-8-10-13(26-16)12(22)11(21-15(23)17(18,19)20)14(25-10)27-9-6-4-3-5-7-9/h3-7,10-14,22H,8H2,1-2H3,(H,21,23)/t10?,11-,12?,13+,14-/m0/s1. The van der Waals surface area contributed by atoms with E-state index in [2.05, 4.69) is 5.32 Å². The Bertz CT molecular complexity index is 672. The first-order valence-electron chi connectivity index (χ1n) is 8.31. The highest BCUT2D eigenvalue weighted by Gasteiger charge is 2.52. The van der Waals surface area contributed by atoms with E-state index in [1.165, 1.54) is 11.8 Å². The van der Waals surface area contributed by atoms with Crippen molar-refractivity contribution in [3.05, 3.63) is 30.3 Å². The SMILES string of the molecule is CC1(C)OCC2O[C@@H](Sc3ccccc3)[C@@H](NC(=O)C(Cl)(Cl)Cl)C(O)[C@@H]2O1. The van der Waals surface area contributed by atoms with Gasteiger partial charge in [0.05, 0.1) is 12.6 Å². The molecule has 2 aliphatic heterocycles. The number of amides is 1. The van der Waals surface area contributed by atoms with Crippen LogP contribution in [-0.4, -0.2) is 57.0 Å². The second kappa shape index (κ2) is 8.24. The molecule has 6 nitrogen and oxygen atoms in total. The summed E-state index contributed by atoms with van der Waals surface area (Å²) < 4.78 is 15.4. The predicted octanol–water partition coefficient (Wildman–Crippen LogP) is 2.87. The van der Waals surface area contributed by atoms with Gasteiger partial charge in [-0.15, -0.1) is 0 Å². The van der Waals surface area contributed by atoms with E-state index in [4.69, 9.17) is 49.0 Å². The molecule has 0 bridgehead atoms. The molecule has 0 radical (unpaired) electrons. The second-order valence-electron chi connectivity index (χ2n) is 6.75. The Labute approximate surface area is 176 Å². The molecule has 2 heterocycles. The van der Waals surface area contributed by atoms with Crippen LogP contribution in [0.5, 0.6) is 0 Å². The lowest BCUT2D eigenvalue weighted by atomic mass is 9.96. The lowest BCUT2D eigenvalue weighted by Crippen LogP contribution is -2.68. The van der Waals surface area contributed by atoms with E-state index in [1.807, 2.05) is 30.3 Å². The molecule has 1 aromatic carbocycles. The molecule has 2 saturated heterocycles. The third kappa shape index (κ3) is 5.22. The number of hydrogen-bond acceptors (Lipinski definition) is 6. The topological polar surface area (TPSA) is 77.0 Å². The zero-order chi connectivity index (χ0) is 19.8. The van der Waals surface area contributed by atoms with E-state index in [9.17, 15) is 9.90 Å². The summed E-state index contributed by atoms with van der Waals surface area (Å²) in [6.07, 6.45) is -2.26. The molecule has 1 amide bonds. The van der Waals surface area contributed by atoms with Crippen molar-refractivity contribution in [3.63, 3.8) is 0 Å². The first-order chi connectivity index (χ1) is 12.6. The van der Waals surface area contributed by atoms with E-state index in [-0.39, 0.29) is 6.61 Å². The zero-order valence-electron chi connectivity index (χ0n) is 14.6. The number of thioether (sulfide) groups is 1. The summed E-state index contributed by atoms with van der Waals surface area (Å²) in [7, 11) is 0. The number of aliphatic hydroxyl groups excluding tert-OH is 1. The fraction of sp³-hybridized carbons (Fsp3) is 0.588. The number of hydrogen-bond donors (Lipinski definition) is 2. The third-order valence-electron chi connectivity index (χ3n) is 4.24. The summed E-state index contributed by atoms with van der Waals surface area (Å²) in [5, 5.41) is 13.5. The largest absolute Gasteiger partial charge is 0.388 e. The normalized spacial score (nSPS) is 33.2. The van der Waals surface area contributed by atoms with E-state index < -0.39 is 45.3 Å². The van der Waals surface area contributed by atoms with Crippen molar-refractivity contribution in [1.29, 1.82) is 0 Å². The number of rotatable bonds is 3. The minimum atomic E-state index is -2.16. The molecule has 0 aromatic heterocycles. The lowest BCUT2D eigenvalue weighted by molar-refractivity contribution is -0.341. The summed E-state index contributed by atoms with van der Waals surface area (Å²) in [6.45, 7) is 3.75. The molecule has 27 heavy (non-hydrogen) atoms. The molecule has 0 aliphatic carbocycles. The zero-order valence-corrected chi connectivity index (χ0v) is 17.7. The fourth-order valence-corrected chi connectivity index (χ4v) is 4.28. The van der Waals surface area contributed by atoms with Crippen molar-refractivity contribution in [2.24, 2.45) is 0 Å². The molecule has 0 saturated carbocycles. The van der Waals surface area contributed by atoms with Crippen molar-refractivity contribution in [1.82, 2.24) is 5.32 Å². The average Bonchev–Trinajstić information content (AvgIpc) is 2.58. The average molecular weight is 457 g/mol. The maximum atomic E-state index is 12.2. The van der Waals surface area contributed by atoms with Gasteiger partial charge < -0.3 is 24.6 Å². The van der Waals surface area contributed by atoms with Crippen LogP contribution in [0, 0.1) is 0 Å². The molecule has 2 N–H and O–H groups in total. The van der Waals surface area contributed by atoms with Gasteiger partial charge in [0, 0.05) is 4.90 Å². The maximum absolute atomic E-state index is 12.2. The van der Waals surface area contributed by atoms with Crippen LogP contribution < -0.4 is 5.32 Å². The van der Waals surface area contributed by atoms with Crippen molar-refractivity contribution < 1.29 is 24.1 Å². The summed E-state index contributed by atoms with van der Waals surface area (Å²) in [6, 6.07) is 8.61. The molecule has 2 fully saturated rings. The number of aliphatic hydroxyl groups is 1. The number of ether oxygens (including phenoxy) is 3. The molecule has 1 aromatic rings. The van der Waals surface area contributed by atoms with Crippen LogP contribution in [0.25, 0.3) is 0 Å². The summed E-state index contributed by atoms with van der Waals surface area (Å²) in [5.74, 6) is -1.72. The first kappa shape index (κ1) is 21.5. The van der Waals surface area contributed by atoms with Gasteiger partial charge >= 0.3 is 0 Å². The highest BCUT2D eigenvalue weighted by atomic mass is 35.6. The van der Waals surface area contributed by atoms with Gasteiger partial charge in [0.25, 0.3) is 9.70 Å². The van der Waals surface area contributed by atoms with Crippen LogP contribution in [0.1, 0.15) is 13.8 Å². The molecule has 150 valence electrons. The van der Waals surface area contributed by atoms with Crippen molar-refractivity contribution >= 4 is 52.5 Å². The molecule has 2 unspecified atom stereocenters. The molecule has 10 heteroatoms. The first-order valence-corrected chi connectivity index (χ1v) is 10.3. The number of carbonyl (C=O) groups excluding carboxylic acids is 1. The number of alkyl halides is 3. The van der Waals surface area contributed by atoms with E-state index in [1.54, 1.807) is 13.8 Å². The highest BCUT2D eigenvalue weighted by Crippen LogP contribution is 2.38. The van der Waals surface area contributed by atoms with Gasteiger partial charge in [0.2, 0.25) is 0 Å². The van der Waals surface area contributed by atoms with Gasteiger partial charge in [0.1, 0.15) is 23.7 Å². The van der Waals surface area contributed by atoms with Crippen LogP contribution in [0.4, 0.5) is 0 Å². The minimum absolute atomic E-state index is 0.256. The molecule has 5 atom stereocenters. The number of fused-ring (bicyclic) bond motifs is 1. The van der Waals surface area contributed by atoms with Crippen molar-refractivity contribution in [3.8, 4) is 0 Å². The smallest absolute Gasteiger partial charge is 0.272 e. The van der Waals surface area contributed by atoms with E-state index >= 15 is 0 Å². The van der Waals surface area contributed by atoms with E-state index in [0.717, 1.165) is 4.90 Å². The number of nitrogens with one attached hydrogen (secondary N) is 1. The number of benzene rings is 1. The van der Waals surface area contributed by atoms with Gasteiger partial charge in [0.15, 0.2) is 5.79 Å². The summed E-state index contributed by atoms with van der Waals surface area (Å²) >= 11 is 18.4. The Morgan fingerprint density at radius 1 is 1.30 bits per heavy atom.